The average molecular weight is 478 g/mol. The van der Waals surface area contributed by atoms with E-state index in [1.165, 1.54) is 29.8 Å². The number of fused-ring (bicyclic) bond motifs is 1. The van der Waals surface area contributed by atoms with Crippen molar-refractivity contribution in [3.63, 3.8) is 0 Å². The van der Waals surface area contributed by atoms with E-state index in [9.17, 15) is 24.6 Å². The molecule has 2 N–H and O–H groups in total. The Morgan fingerprint density at radius 3 is 2.37 bits per heavy atom. The lowest BCUT2D eigenvalue weighted by Crippen LogP contribution is -2.37. The third kappa shape index (κ3) is 5.17. The van der Waals surface area contributed by atoms with E-state index >= 15 is 0 Å². The fraction of sp³-hybridized carbons (Fsp3) is 0.280. The van der Waals surface area contributed by atoms with Crippen molar-refractivity contribution >= 4 is 16.9 Å². The molecule has 0 unspecified atom stereocenters. The predicted molar refractivity (Wildman–Crippen MR) is 131 cm³/mol. The molecule has 2 heterocycles. The van der Waals surface area contributed by atoms with Crippen LogP contribution in [0.3, 0.4) is 0 Å². The van der Waals surface area contributed by atoms with Crippen molar-refractivity contribution < 1.29 is 15.0 Å². The molecule has 0 aliphatic heterocycles. The van der Waals surface area contributed by atoms with E-state index in [0.717, 1.165) is 10.1 Å². The van der Waals surface area contributed by atoms with Gasteiger partial charge in [-0.3, -0.25) is 23.6 Å². The number of Topliss-reactive ketones (excluding diaryl/α,β-unsaturated/α-hetero) is 1. The molecular formula is C25H27N5O5. The Balaban J connectivity index is 1.52. The Labute approximate surface area is 200 Å². The van der Waals surface area contributed by atoms with Crippen molar-refractivity contribution in [2.45, 2.75) is 19.5 Å². The van der Waals surface area contributed by atoms with Crippen molar-refractivity contribution in [1.82, 2.24) is 23.6 Å². The third-order valence-electron chi connectivity index (χ3n) is 5.93. The van der Waals surface area contributed by atoms with Crippen molar-refractivity contribution in [2.24, 2.45) is 14.1 Å². The summed E-state index contributed by atoms with van der Waals surface area (Å²) >= 11 is 0. The monoisotopic (exact) mass is 477 g/mol. The molecule has 0 fully saturated rings. The van der Waals surface area contributed by atoms with Crippen LogP contribution < -0.4 is 11.2 Å². The first-order valence-corrected chi connectivity index (χ1v) is 11.2. The number of phenolic OH excluding ortho intramolecular Hbond substituents is 2. The highest BCUT2D eigenvalue weighted by atomic mass is 16.3. The quantitative estimate of drug-likeness (QED) is 0.351. The number of imidazole rings is 1. The van der Waals surface area contributed by atoms with Gasteiger partial charge >= 0.3 is 5.69 Å². The molecule has 2 aromatic carbocycles. The van der Waals surface area contributed by atoms with E-state index in [0.29, 0.717) is 37.2 Å². The smallest absolute Gasteiger partial charge is 0.332 e. The van der Waals surface area contributed by atoms with Gasteiger partial charge in [0.25, 0.3) is 5.56 Å². The number of rotatable bonds is 9. The van der Waals surface area contributed by atoms with E-state index < -0.39 is 11.2 Å². The van der Waals surface area contributed by atoms with Crippen LogP contribution in [0, 0.1) is 0 Å². The van der Waals surface area contributed by atoms with Crippen LogP contribution in [0.15, 0.2) is 64.4 Å². The minimum Gasteiger partial charge on any atom is -0.508 e. The van der Waals surface area contributed by atoms with Gasteiger partial charge in [-0.25, -0.2) is 9.78 Å². The number of hydrogen-bond acceptors (Lipinski definition) is 7. The van der Waals surface area contributed by atoms with Gasteiger partial charge in [-0.15, -0.1) is 0 Å². The highest BCUT2D eigenvalue weighted by Gasteiger charge is 2.17. The summed E-state index contributed by atoms with van der Waals surface area (Å²) < 4.78 is 4.14. The highest BCUT2D eigenvalue weighted by molar-refractivity contribution is 5.98. The van der Waals surface area contributed by atoms with Gasteiger partial charge in [0.2, 0.25) is 0 Å². The van der Waals surface area contributed by atoms with Crippen LogP contribution in [0.25, 0.3) is 11.2 Å². The fourth-order valence-corrected chi connectivity index (χ4v) is 4.14. The van der Waals surface area contributed by atoms with Crippen molar-refractivity contribution in [3.05, 3.63) is 86.8 Å². The SMILES string of the molecule is Cn1c(=O)c2c(ncn2CCCN(CC(=O)c2cc(O)cc(O)c2)Cc2ccccc2)n(C)c1=O. The number of phenols is 2. The summed E-state index contributed by atoms with van der Waals surface area (Å²) in [5.74, 6) is -0.582. The zero-order chi connectivity index (χ0) is 25.1. The molecule has 2 aromatic heterocycles. The van der Waals surface area contributed by atoms with E-state index in [2.05, 4.69) is 4.98 Å². The number of aromatic nitrogens is 4. The van der Waals surface area contributed by atoms with E-state index in [4.69, 9.17) is 0 Å². The first kappa shape index (κ1) is 24.0. The standard InChI is InChI=1S/C25H27N5O5/c1-27-23-22(24(34)28(2)25(27)35)30(16-26-23)10-6-9-29(14-17-7-4-3-5-8-17)15-21(33)18-11-19(31)13-20(32)12-18/h3-5,7-8,11-13,16,31-32H,6,9-10,14-15H2,1-2H3. The van der Waals surface area contributed by atoms with Gasteiger partial charge in [-0.2, -0.15) is 0 Å². The zero-order valence-electron chi connectivity index (χ0n) is 19.6. The number of ketones is 1. The largest absolute Gasteiger partial charge is 0.508 e. The van der Waals surface area contributed by atoms with Crippen molar-refractivity contribution in [3.8, 4) is 11.5 Å². The summed E-state index contributed by atoms with van der Waals surface area (Å²) in [4.78, 5) is 44.0. The van der Waals surface area contributed by atoms with Gasteiger partial charge < -0.3 is 14.8 Å². The summed E-state index contributed by atoms with van der Waals surface area (Å²) in [5, 5.41) is 19.5. The van der Waals surface area contributed by atoms with Gasteiger partial charge in [-0.1, -0.05) is 30.3 Å². The molecule has 0 amide bonds. The Morgan fingerprint density at radius 2 is 1.69 bits per heavy atom. The Hall–Kier alpha value is -4.18. The lowest BCUT2D eigenvalue weighted by molar-refractivity contribution is 0.0923. The second kappa shape index (κ2) is 9.98. The summed E-state index contributed by atoms with van der Waals surface area (Å²) in [6, 6.07) is 13.6. The average Bonchev–Trinajstić information content (AvgIpc) is 3.25. The van der Waals surface area contributed by atoms with E-state index in [-0.39, 0.29) is 29.4 Å². The summed E-state index contributed by atoms with van der Waals surface area (Å²) in [6.45, 7) is 1.62. The van der Waals surface area contributed by atoms with Crippen molar-refractivity contribution in [1.29, 1.82) is 0 Å². The second-order valence-electron chi connectivity index (χ2n) is 8.53. The summed E-state index contributed by atoms with van der Waals surface area (Å²) in [5.41, 5.74) is 1.12. The molecule has 0 radical (unpaired) electrons. The minimum absolute atomic E-state index is 0.0821. The molecule has 0 bridgehead atoms. The van der Waals surface area contributed by atoms with Gasteiger partial charge in [-0.05, 0) is 24.1 Å². The maximum absolute atomic E-state index is 12.9. The highest BCUT2D eigenvalue weighted by Crippen LogP contribution is 2.21. The lowest BCUT2D eigenvalue weighted by atomic mass is 10.1. The molecule has 0 aliphatic carbocycles. The van der Waals surface area contributed by atoms with Crippen LogP contribution in [-0.2, 0) is 27.2 Å². The van der Waals surface area contributed by atoms with Crippen LogP contribution in [0.1, 0.15) is 22.3 Å². The van der Waals surface area contributed by atoms with Crippen molar-refractivity contribution in [2.75, 3.05) is 13.1 Å². The molecule has 0 saturated heterocycles. The Kier molecular flexibility index (Phi) is 6.83. The number of hydrogen-bond donors (Lipinski definition) is 2. The summed E-state index contributed by atoms with van der Waals surface area (Å²) in [6.07, 6.45) is 2.16. The van der Waals surface area contributed by atoms with Crippen LogP contribution in [0.5, 0.6) is 11.5 Å². The third-order valence-corrected chi connectivity index (χ3v) is 5.93. The van der Waals surface area contributed by atoms with E-state index in [1.54, 1.807) is 17.9 Å². The predicted octanol–water partition coefficient (Wildman–Crippen LogP) is 1.62. The topological polar surface area (TPSA) is 123 Å². The first-order chi connectivity index (χ1) is 16.7. The minimum atomic E-state index is -0.432. The van der Waals surface area contributed by atoms with Crippen LogP contribution in [0.4, 0.5) is 0 Å². The number of carbonyl (C=O) groups is 1. The number of carbonyl (C=O) groups excluding carboxylic acids is 1. The molecular weight excluding hydrogens is 450 g/mol. The van der Waals surface area contributed by atoms with Gasteiger partial charge in [0.1, 0.15) is 11.5 Å². The summed E-state index contributed by atoms with van der Waals surface area (Å²) in [7, 11) is 3.02. The second-order valence-corrected chi connectivity index (χ2v) is 8.53. The lowest BCUT2D eigenvalue weighted by Gasteiger charge is -2.22. The molecule has 35 heavy (non-hydrogen) atoms. The van der Waals surface area contributed by atoms with Gasteiger partial charge in [0, 0.05) is 45.4 Å². The van der Waals surface area contributed by atoms with E-state index in [1.807, 2.05) is 35.2 Å². The maximum atomic E-state index is 12.9. The molecule has 0 saturated carbocycles. The Bertz CT molecular complexity index is 1470. The van der Waals surface area contributed by atoms with Gasteiger partial charge in [0.05, 0.1) is 12.9 Å². The normalized spacial score (nSPS) is 11.4. The zero-order valence-corrected chi connectivity index (χ0v) is 19.6. The molecule has 4 aromatic rings. The molecule has 0 atom stereocenters. The van der Waals surface area contributed by atoms with Crippen LogP contribution >= 0.6 is 0 Å². The number of benzene rings is 2. The molecule has 10 heteroatoms. The number of nitrogens with zero attached hydrogens (tertiary/aromatic N) is 5. The number of aromatic hydroxyl groups is 2. The molecule has 0 aliphatic rings. The molecule has 4 rings (SSSR count). The van der Waals surface area contributed by atoms with Crippen LogP contribution in [0.2, 0.25) is 0 Å². The maximum Gasteiger partial charge on any atom is 0.332 e. The molecule has 182 valence electrons. The molecule has 10 nitrogen and oxygen atoms in total. The van der Waals surface area contributed by atoms with Gasteiger partial charge in [0.15, 0.2) is 16.9 Å². The Morgan fingerprint density at radius 1 is 1.00 bits per heavy atom. The number of aryl methyl sites for hydroxylation is 2. The first-order valence-electron chi connectivity index (χ1n) is 11.2. The van der Waals surface area contributed by atoms with Crippen LogP contribution in [-0.4, -0.2) is 52.7 Å². The fourth-order valence-electron chi connectivity index (χ4n) is 4.14. The molecule has 0 spiro atoms.